The number of aliphatic carboxylic acids is 1. The topological polar surface area (TPSA) is 55.1 Å². The number of benzene rings is 1. The normalized spacial score (nSPS) is 10.3. The molecule has 1 aromatic heterocycles. The average Bonchev–Trinajstić information content (AvgIpc) is 2.66. The maximum Gasteiger partial charge on any atom is 0.309 e. The van der Waals surface area contributed by atoms with Crippen molar-refractivity contribution >= 4 is 5.97 Å². The molecule has 1 N–H and O–H groups in total. The molecule has 0 radical (unpaired) electrons. The van der Waals surface area contributed by atoms with E-state index in [1.165, 1.54) is 23.2 Å². The van der Waals surface area contributed by atoms with Crippen LogP contribution in [0.3, 0.4) is 0 Å². The second-order valence-corrected chi connectivity index (χ2v) is 3.28. The number of aromatic nitrogens is 2. The number of halogens is 1. The third-order valence-corrected chi connectivity index (χ3v) is 2.16. The van der Waals surface area contributed by atoms with Gasteiger partial charge < -0.3 is 5.11 Å². The van der Waals surface area contributed by atoms with Crippen molar-refractivity contribution in [2.45, 2.75) is 6.42 Å². The summed E-state index contributed by atoms with van der Waals surface area (Å²) in [4.78, 5) is 14.4. The SMILES string of the molecule is O=C(O)Cc1cncn1-c1ccccc1F. The summed E-state index contributed by atoms with van der Waals surface area (Å²) in [6.07, 6.45) is 2.63. The Morgan fingerprint density at radius 3 is 2.88 bits per heavy atom. The zero-order valence-corrected chi connectivity index (χ0v) is 8.30. The molecule has 2 aromatic rings. The third kappa shape index (κ3) is 1.93. The lowest BCUT2D eigenvalue weighted by molar-refractivity contribution is -0.136. The number of carbonyl (C=O) groups is 1. The fourth-order valence-corrected chi connectivity index (χ4v) is 1.47. The van der Waals surface area contributed by atoms with Crippen molar-refractivity contribution in [3.05, 3.63) is 48.3 Å². The van der Waals surface area contributed by atoms with Gasteiger partial charge in [0.2, 0.25) is 0 Å². The highest BCUT2D eigenvalue weighted by Crippen LogP contribution is 2.15. The summed E-state index contributed by atoms with van der Waals surface area (Å²) in [5.41, 5.74) is 0.744. The van der Waals surface area contributed by atoms with Crippen molar-refractivity contribution in [3.8, 4) is 5.69 Å². The number of imidazole rings is 1. The minimum absolute atomic E-state index is 0.186. The molecule has 0 aliphatic carbocycles. The summed E-state index contributed by atoms with van der Waals surface area (Å²) in [6, 6.07) is 6.15. The Morgan fingerprint density at radius 2 is 2.19 bits per heavy atom. The first kappa shape index (κ1) is 10.4. The van der Waals surface area contributed by atoms with E-state index in [0.29, 0.717) is 11.4 Å². The lowest BCUT2D eigenvalue weighted by Crippen LogP contribution is -2.07. The van der Waals surface area contributed by atoms with Crippen LogP contribution in [0.15, 0.2) is 36.8 Å². The molecule has 0 saturated carbocycles. The molecule has 0 aliphatic heterocycles. The van der Waals surface area contributed by atoms with E-state index >= 15 is 0 Å². The molecule has 5 heteroatoms. The molecular formula is C11H9FN2O2. The van der Waals surface area contributed by atoms with Gasteiger partial charge in [0, 0.05) is 6.20 Å². The van der Waals surface area contributed by atoms with Crippen molar-refractivity contribution < 1.29 is 14.3 Å². The lowest BCUT2D eigenvalue weighted by Gasteiger charge is -2.07. The number of hydrogen-bond acceptors (Lipinski definition) is 2. The fourth-order valence-electron chi connectivity index (χ4n) is 1.47. The van der Waals surface area contributed by atoms with Crippen molar-refractivity contribution in [1.29, 1.82) is 0 Å². The first-order valence-electron chi connectivity index (χ1n) is 4.66. The van der Waals surface area contributed by atoms with Crippen LogP contribution in [0.25, 0.3) is 5.69 Å². The largest absolute Gasteiger partial charge is 0.481 e. The predicted octanol–water partition coefficient (Wildman–Crippen LogP) is 1.64. The first-order chi connectivity index (χ1) is 7.68. The highest BCUT2D eigenvalue weighted by molar-refractivity contribution is 5.69. The standard InChI is InChI=1S/C11H9FN2O2/c12-9-3-1-2-4-10(9)14-7-13-6-8(14)5-11(15)16/h1-4,6-7H,5H2,(H,15,16). The molecule has 0 bridgehead atoms. The van der Waals surface area contributed by atoms with Crippen molar-refractivity contribution in [1.82, 2.24) is 9.55 Å². The summed E-state index contributed by atoms with van der Waals surface area (Å²) >= 11 is 0. The predicted molar refractivity (Wildman–Crippen MR) is 54.9 cm³/mol. The zero-order valence-electron chi connectivity index (χ0n) is 8.30. The molecule has 2 rings (SSSR count). The van der Waals surface area contributed by atoms with Gasteiger partial charge in [0.25, 0.3) is 0 Å². The van der Waals surface area contributed by atoms with Gasteiger partial charge in [-0.25, -0.2) is 9.37 Å². The summed E-state index contributed by atoms with van der Waals surface area (Å²) in [6.45, 7) is 0. The van der Waals surface area contributed by atoms with Crippen LogP contribution in [0.2, 0.25) is 0 Å². The molecular weight excluding hydrogens is 211 g/mol. The van der Waals surface area contributed by atoms with Gasteiger partial charge in [-0.2, -0.15) is 0 Å². The molecule has 1 aromatic carbocycles. The number of carboxylic acid groups (broad SMARTS) is 1. The minimum Gasteiger partial charge on any atom is -0.481 e. The van der Waals surface area contributed by atoms with Crippen molar-refractivity contribution in [2.24, 2.45) is 0 Å². The number of carboxylic acids is 1. The van der Waals surface area contributed by atoms with E-state index in [0.717, 1.165) is 0 Å². The Hall–Kier alpha value is -2.17. The van der Waals surface area contributed by atoms with Gasteiger partial charge in [-0.05, 0) is 12.1 Å². The van der Waals surface area contributed by atoms with Crippen LogP contribution < -0.4 is 0 Å². The van der Waals surface area contributed by atoms with Gasteiger partial charge in [0.05, 0.1) is 24.1 Å². The van der Waals surface area contributed by atoms with E-state index in [-0.39, 0.29) is 6.42 Å². The van der Waals surface area contributed by atoms with Crippen molar-refractivity contribution in [3.63, 3.8) is 0 Å². The Labute approximate surface area is 91.0 Å². The van der Waals surface area contributed by atoms with Gasteiger partial charge in [0.15, 0.2) is 0 Å². The van der Waals surface area contributed by atoms with Gasteiger partial charge in [-0.1, -0.05) is 12.1 Å². The second kappa shape index (κ2) is 4.14. The number of hydrogen-bond donors (Lipinski definition) is 1. The molecule has 0 spiro atoms. The van der Waals surface area contributed by atoms with E-state index in [4.69, 9.17) is 5.11 Å². The molecule has 0 aliphatic rings. The van der Waals surface area contributed by atoms with E-state index in [1.807, 2.05) is 0 Å². The summed E-state index contributed by atoms with van der Waals surface area (Å²) in [7, 11) is 0. The van der Waals surface area contributed by atoms with Gasteiger partial charge in [-0.15, -0.1) is 0 Å². The van der Waals surface area contributed by atoms with Crippen LogP contribution in [-0.2, 0) is 11.2 Å². The van der Waals surface area contributed by atoms with Crippen LogP contribution in [-0.4, -0.2) is 20.6 Å². The molecule has 82 valence electrons. The number of para-hydroxylation sites is 1. The molecule has 0 amide bonds. The van der Waals surface area contributed by atoms with Gasteiger partial charge in [0.1, 0.15) is 5.82 Å². The van der Waals surface area contributed by atoms with E-state index in [9.17, 15) is 9.18 Å². The molecule has 0 atom stereocenters. The smallest absolute Gasteiger partial charge is 0.309 e. The Bertz CT molecular complexity index is 522. The number of nitrogens with zero attached hydrogens (tertiary/aromatic N) is 2. The molecule has 0 saturated heterocycles. The van der Waals surface area contributed by atoms with E-state index < -0.39 is 11.8 Å². The Kier molecular flexibility index (Phi) is 2.68. The van der Waals surface area contributed by atoms with Crippen LogP contribution in [0.5, 0.6) is 0 Å². The average molecular weight is 220 g/mol. The van der Waals surface area contributed by atoms with Crippen LogP contribution in [0.4, 0.5) is 4.39 Å². The monoisotopic (exact) mass is 220 g/mol. The maximum atomic E-state index is 13.5. The van der Waals surface area contributed by atoms with Crippen LogP contribution >= 0.6 is 0 Å². The molecule has 0 unspecified atom stereocenters. The number of rotatable bonds is 3. The molecule has 16 heavy (non-hydrogen) atoms. The Balaban J connectivity index is 2.45. The summed E-state index contributed by atoms with van der Waals surface area (Å²) < 4.78 is 14.9. The zero-order chi connectivity index (χ0) is 11.5. The van der Waals surface area contributed by atoms with Gasteiger partial charge >= 0.3 is 5.97 Å². The van der Waals surface area contributed by atoms with Gasteiger partial charge in [-0.3, -0.25) is 9.36 Å². The minimum atomic E-state index is -0.974. The Morgan fingerprint density at radius 1 is 1.44 bits per heavy atom. The molecule has 0 fully saturated rings. The summed E-state index contributed by atoms with van der Waals surface area (Å²) in [5, 5.41) is 8.69. The lowest BCUT2D eigenvalue weighted by atomic mass is 10.2. The second-order valence-electron chi connectivity index (χ2n) is 3.28. The highest BCUT2D eigenvalue weighted by Gasteiger charge is 2.10. The van der Waals surface area contributed by atoms with Crippen LogP contribution in [0.1, 0.15) is 5.69 Å². The molecule has 1 heterocycles. The fraction of sp³-hybridized carbons (Fsp3) is 0.0909. The maximum absolute atomic E-state index is 13.5. The third-order valence-electron chi connectivity index (χ3n) is 2.16. The van der Waals surface area contributed by atoms with Crippen LogP contribution in [0, 0.1) is 5.82 Å². The van der Waals surface area contributed by atoms with E-state index in [2.05, 4.69) is 4.98 Å². The molecule has 4 nitrogen and oxygen atoms in total. The summed E-state index contributed by atoms with van der Waals surface area (Å²) in [5.74, 6) is -1.38. The highest BCUT2D eigenvalue weighted by atomic mass is 19.1. The first-order valence-corrected chi connectivity index (χ1v) is 4.66. The van der Waals surface area contributed by atoms with E-state index in [1.54, 1.807) is 18.2 Å². The van der Waals surface area contributed by atoms with Crippen molar-refractivity contribution in [2.75, 3.05) is 0 Å². The quantitative estimate of drug-likeness (QED) is 0.855.